The van der Waals surface area contributed by atoms with E-state index < -0.39 is 35.8 Å². The number of rotatable bonds is 6. The largest absolute Gasteiger partial charge is 0.495 e. The number of esters is 1. The van der Waals surface area contributed by atoms with E-state index in [2.05, 4.69) is 5.32 Å². The maximum Gasteiger partial charge on any atom is 0.329 e. The van der Waals surface area contributed by atoms with E-state index in [0.29, 0.717) is 11.4 Å². The maximum absolute atomic E-state index is 12.5. The zero-order valence-corrected chi connectivity index (χ0v) is 16.2. The van der Waals surface area contributed by atoms with Crippen LogP contribution >= 0.6 is 0 Å². The highest BCUT2D eigenvalue weighted by molar-refractivity contribution is 6.22. The van der Waals surface area contributed by atoms with Crippen LogP contribution < -0.4 is 10.1 Å². The van der Waals surface area contributed by atoms with Gasteiger partial charge < -0.3 is 14.8 Å². The van der Waals surface area contributed by atoms with Crippen LogP contribution in [-0.2, 0) is 14.3 Å². The van der Waals surface area contributed by atoms with Crippen LogP contribution in [0, 0.1) is 0 Å². The Morgan fingerprint density at radius 3 is 2.07 bits per heavy atom. The number of methoxy groups -OCH3 is 1. The van der Waals surface area contributed by atoms with Gasteiger partial charge in [-0.15, -0.1) is 0 Å². The summed E-state index contributed by atoms with van der Waals surface area (Å²) in [6.07, 6.45) is -1.15. The summed E-state index contributed by atoms with van der Waals surface area (Å²) < 4.78 is 10.4. The van der Waals surface area contributed by atoms with Crippen LogP contribution in [0.3, 0.4) is 0 Å². The van der Waals surface area contributed by atoms with E-state index in [1.165, 1.54) is 33.1 Å². The van der Waals surface area contributed by atoms with Gasteiger partial charge in [-0.1, -0.05) is 24.3 Å². The maximum atomic E-state index is 12.5. The first-order valence-electron chi connectivity index (χ1n) is 8.96. The Morgan fingerprint density at radius 2 is 1.48 bits per heavy atom. The summed E-state index contributed by atoms with van der Waals surface area (Å²) in [5, 5.41) is 2.62. The molecule has 2 aromatic carbocycles. The van der Waals surface area contributed by atoms with Crippen molar-refractivity contribution < 1.29 is 28.7 Å². The average Bonchev–Trinajstić information content (AvgIpc) is 2.98. The number of para-hydroxylation sites is 2. The number of imide groups is 1. The average molecular weight is 396 g/mol. The van der Waals surface area contributed by atoms with E-state index in [4.69, 9.17) is 9.47 Å². The number of nitrogens with zero attached hydrogens (tertiary/aromatic N) is 1. The van der Waals surface area contributed by atoms with Crippen molar-refractivity contribution in [3.63, 3.8) is 0 Å². The van der Waals surface area contributed by atoms with Crippen molar-refractivity contribution in [1.29, 1.82) is 0 Å². The molecule has 3 amide bonds. The number of fused-ring (bicyclic) bond motifs is 1. The molecule has 0 aromatic heterocycles. The van der Waals surface area contributed by atoms with Crippen LogP contribution in [0.2, 0.25) is 0 Å². The standard InChI is InChI=1S/C21H20N2O6/c1-12(23-19(25)14-8-4-5-9-15(14)20(23)26)21(27)29-13(2)18(24)22-16-10-6-7-11-17(16)28-3/h4-13H,1-3H3,(H,22,24)/t12-,13-/m1/s1. The van der Waals surface area contributed by atoms with Crippen molar-refractivity contribution >= 4 is 29.4 Å². The topological polar surface area (TPSA) is 102 Å². The smallest absolute Gasteiger partial charge is 0.329 e. The van der Waals surface area contributed by atoms with Crippen LogP contribution in [0.4, 0.5) is 5.69 Å². The highest BCUT2D eigenvalue weighted by Gasteiger charge is 2.41. The summed E-state index contributed by atoms with van der Waals surface area (Å²) in [4.78, 5) is 50.7. The number of amides is 3. The van der Waals surface area contributed by atoms with Crippen molar-refractivity contribution in [3.8, 4) is 5.75 Å². The summed E-state index contributed by atoms with van der Waals surface area (Å²) in [6, 6.07) is 11.9. The number of nitrogens with one attached hydrogen (secondary N) is 1. The molecule has 8 heteroatoms. The van der Waals surface area contributed by atoms with Crippen LogP contribution in [0.1, 0.15) is 34.6 Å². The summed E-state index contributed by atoms with van der Waals surface area (Å²) in [6.45, 7) is 2.78. The van der Waals surface area contributed by atoms with Crippen LogP contribution in [0.5, 0.6) is 5.75 Å². The highest BCUT2D eigenvalue weighted by atomic mass is 16.5. The summed E-state index contributed by atoms with van der Waals surface area (Å²) in [7, 11) is 1.47. The van der Waals surface area contributed by atoms with E-state index in [0.717, 1.165) is 4.90 Å². The van der Waals surface area contributed by atoms with Gasteiger partial charge in [-0.25, -0.2) is 4.79 Å². The minimum absolute atomic E-state index is 0.235. The Bertz CT molecular complexity index is 952. The molecule has 2 aromatic rings. The molecule has 2 atom stereocenters. The zero-order valence-electron chi connectivity index (χ0n) is 16.2. The lowest BCUT2D eigenvalue weighted by Crippen LogP contribution is -2.45. The van der Waals surface area contributed by atoms with Gasteiger partial charge in [-0.2, -0.15) is 0 Å². The quantitative estimate of drug-likeness (QED) is 0.594. The minimum Gasteiger partial charge on any atom is -0.495 e. The molecule has 0 bridgehead atoms. The Morgan fingerprint density at radius 1 is 0.931 bits per heavy atom. The van der Waals surface area contributed by atoms with Crippen molar-refractivity contribution in [3.05, 3.63) is 59.7 Å². The van der Waals surface area contributed by atoms with E-state index in [1.807, 2.05) is 0 Å². The summed E-state index contributed by atoms with van der Waals surface area (Å²) in [5.41, 5.74) is 0.898. The van der Waals surface area contributed by atoms with Gasteiger partial charge in [0, 0.05) is 0 Å². The van der Waals surface area contributed by atoms with Gasteiger partial charge in [-0.05, 0) is 38.1 Å². The molecule has 0 fully saturated rings. The fraction of sp³-hybridized carbons (Fsp3) is 0.238. The molecule has 1 N–H and O–H groups in total. The number of hydrogen-bond donors (Lipinski definition) is 1. The summed E-state index contributed by atoms with van der Waals surface area (Å²) in [5.74, 6) is -2.11. The predicted octanol–water partition coefficient (Wildman–Crippen LogP) is 2.25. The third kappa shape index (κ3) is 3.82. The second-order valence-electron chi connectivity index (χ2n) is 6.47. The fourth-order valence-corrected chi connectivity index (χ4v) is 2.97. The van der Waals surface area contributed by atoms with Gasteiger partial charge in [0.05, 0.1) is 23.9 Å². The predicted molar refractivity (Wildman–Crippen MR) is 104 cm³/mol. The Hall–Kier alpha value is -3.68. The second kappa shape index (κ2) is 8.14. The third-order valence-corrected chi connectivity index (χ3v) is 4.58. The number of hydrogen-bond acceptors (Lipinski definition) is 6. The number of carbonyl (C=O) groups is 4. The van der Waals surface area contributed by atoms with Crippen LogP contribution in [-0.4, -0.2) is 47.8 Å². The molecule has 1 aliphatic heterocycles. The van der Waals surface area contributed by atoms with Crippen LogP contribution in [0.15, 0.2) is 48.5 Å². The second-order valence-corrected chi connectivity index (χ2v) is 6.47. The van der Waals surface area contributed by atoms with Crippen molar-refractivity contribution in [1.82, 2.24) is 4.90 Å². The van der Waals surface area contributed by atoms with E-state index in [1.54, 1.807) is 36.4 Å². The first-order chi connectivity index (χ1) is 13.8. The monoisotopic (exact) mass is 396 g/mol. The first kappa shape index (κ1) is 20.1. The SMILES string of the molecule is COc1ccccc1NC(=O)[C@@H](C)OC(=O)[C@@H](C)N1C(=O)c2ccccc2C1=O. The molecule has 3 rings (SSSR count). The third-order valence-electron chi connectivity index (χ3n) is 4.58. The molecule has 0 unspecified atom stereocenters. The molecule has 0 radical (unpaired) electrons. The zero-order chi connectivity index (χ0) is 21.1. The molecular weight excluding hydrogens is 376 g/mol. The fourth-order valence-electron chi connectivity index (χ4n) is 2.97. The van der Waals surface area contributed by atoms with Gasteiger partial charge in [0.2, 0.25) is 0 Å². The van der Waals surface area contributed by atoms with Crippen molar-refractivity contribution in [2.75, 3.05) is 12.4 Å². The van der Waals surface area contributed by atoms with Gasteiger partial charge in [0.15, 0.2) is 6.10 Å². The molecule has 29 heavy (non-hydrogen) atoms. The molecule has 0 saturated carbocycles. The van der Waals surface area contributed by atoms with Gasteiger partial charge in [-0.3, -0.25) is 19.3 Å². The van der Waals surface area contributed by atoms with Gasteiger partial charge >= 0.3 is 5.97 Å². The number of carbonyl (C=O) groups excluding carboxylic acids is 4. The van der Waals surface area contributed by atoms with Crippen molar-refractivity contribution in [2.45, 2.75) is 26.0 Å². The Kier molecular flexibility index (Phi) is 5.63. The molecule has 1 aliphatic rings. The first-order valence-corrected chi connectivity index (χ1v) is 8.96. The van der Waals surface area contributed by atoms with E-state index >= 15 is 0 Å². The van der Waals surface area contributed by atoms with E-state index in [-0.39, 0.29) is 11.1 Å². The molecule has 150 valence electrons. The Labute approximate surface area is 167 Å². The Balaban J connectivity index is 1.66. The highest BCUT2D eigenvalue weighted by Crippen LogP contribution is 2.25. The molecule has 0 spiro atoms. The van der Waals surface area contributed by atoms with Crippen LogP contribution in [0.25, 0.3) is 0 Å². The minimum atomic E-state index is -1.18. The molecule has 0 saturated heterocycles. The van der Waals surface area contributed by atoms with Gasteiger partial charge in [0.1, 0.15) is 11.8 Å². The summed E-state index contributed by atoms with van der Waals surface area (Å²) >= 11 is 0. The molecule has 0 aliphatic carbocycles. The number of ether oxygens (including phenoxy) is 2. The lowest BCUT2D eigenvalue weighted by molar-refractivity contribution is -0.156. The molecule has 8 nitrogen and oxygen atoms in total. The van der Waals surface area contributed by atoms with Gasteiger partial charge in [0.25, 0.3) is 17.7 Å². The number of anilines is 1. The normalized spacial score (nSPS) is 14.8. The van der Waals surface area contributed by atoms with E-state index in [9.17, 15) is 19.2 Å². The lowest BCUT2D eigenvalue weighted by Gasteiger charge is -2.23. The van der Waals surface area contributed by atoms with Crippen molar-refractivity contribution in [2.24, 2.45) is 0 Å². The lowest BCUT2D eigenvalue weighted by atomic mass is 10.1. The molecular formula is C21H20N2O6. The molecule has 1 heterocycles. The number of benzene rings is 2.